The molecule has 2 heterocycles. The van der Waals surface area contributed by atoms with Crippen molar-refractivity contribution in [2.24, 2.45) is 23.7 Å². The SMILES string of the molecule is CC1(c2cccc(NS(C)(=O)=O)c2)C2CNCC21.Cc1ccccc1OCCBr.Cc1ccccc1OCCN1CC2C(C1)C2(C)c1cccc(NS(C)(=O)=O)c1. The second kappa shape index (κ2) is 17.7. The summed E-state index contributed by atoms with van der Waals surface area (Å²) in [6.07, 6.45) is 2.36. The summed E-state index contributed by atoms with van der Waals surface area (Å²) in [5.41, 5.74) is 6.50. The maximum Gasteiger partial charge on any atom is 0.229 e. The average molecular weight is 882 g/mol. The van der Waals surface area contributed by atoms with Crippen LogP contribution in [0.3, 0.4) is 0 Å². The van der Waals surface area contributed by atoms with Crippen molar-refractivity contribution in [2.75, 3.05) is 73.2 Å². The number of hydrogen-bond acceptors (Lipinski definition) is 8. The van der Waals surface area contributed by atoms with Gasteiger partial charge in [-0.2, -0.15) is 0 Å². The van der Waals surface area contributed by atoms with Gasteiger partial charge < -0.3 is 14.8 Å². The summed E-state index contributed by atoms with van der Waals surface area (Å²) >= 11 is 3.31. The van der Waals surface area contributed by atoms with E-state index in [2.05, 4.69) is 74.6 Å². The van der Waals surface area contributed by atoms with E-state index in [4.69, 9.17) is 9.47 Å². The maximum absolute atomic E-state index is 11.5. The molecule has 0 amide bonds. The zero-order valence-electron chi connectivity index (χ0n) is 33.8. The molecule has 4 aromatic rings. The molecule has 4 aromatic carbocycles. The van der Waals surface area contributed by atoms with Gasteiger partial charge in [-0.15, -0.1) is 0 Å². The fourth-order valence-corrected chi connectivity index (χ4v) is 10.2. The minimum atomic E-state index is -3.25. The van der Waals surface area contributed by atoms with Crippen LogP contribution in [0, 0.1) is 37.5 Å². The van der Waals surface area contributed by atoms with E-state index < -0.39 is 20.0 Å². The van der Waals surface area contributed by atoms with Gasteiger partial charge >= 0.3 is 0 Å². The molecule has 4 unspecified atom stereocenters. The minimum Gasteiger partial charge on any atom is -0.492 e. The molecular weight excluding hydrogens is 825 g/mol. The molecule has 0 bridgehead atoms. The Morgan fingerprint density at radius 1 is 0.667 bits per heavy atom. The average Bonchev–Trinajstić information content (AvgIpc) is 3.61. The molecule has 308 valence electrons. The molecule has 2 saturated carbocycles. The van der Waals surface area contributed by atoms with Gasteiger partial charge in [0.1, 0.15) is 18.1 Å². The third-order valence-corrected chi connectivity index (χ3v) is 13.8. The van der Waals surface area contributed by atoms with Crippen molar-refractivity contribution in [1.82, 2.24) is 10.2 Å². The van der Waals surface area contributed by atoms with Crippen LogP contribution in [0.5, 0.6) is 11.5 Å². The predicted octanol–water partition coefficient (Wildman–Crippen LogP) is 7.20. The highest BCUT2D eigenvalue weighted by Crippen LogP contribution is 2.63. The molecule has 0 aromatic heterocycles. The third-order valence-electron chi connectivity index (χ3n) is 12.2. The van der Waals surface area contributed by atoms with Crippen LogP contribution in [0.2, 0.25) is 0 Å². The van der Waals surface area contributed by atoms with Gasteiger partial charge in [0.15, 0.2) is 0 Å². The molecule has 57 heavy (non-hydrogen) atoms. The van der Waals surface area contributed by atoms with E-state index in [9.17, 15) is 16.8 Å². The molecule has 13 heteroatoms. The van der Waals surface area contributed by atoms with Crippen molar-refractivity contribution in [2.45, 2.75) is 38.5 Å². The normalized spacial score (nSPS) is 25.7. The summed E-state index contributed by atoms with van der Waals surface area (Å²) in [5.74, 6) is 4.59. The van der Waals surface area contributed by atoms with Crippen molar-refractivity contribution >= 4 is 47.4 Å². The maximum atomic E-state index is 11.5. The number of halogens is 1. The summed E-state index contributed by atoms with van der Waals surface area (Å²) in [6.45, 7) is 15.4. The number of para-hydroxylation sites is 2. The number of hydrogen-bond donors (Lipinski definition) is 3. The number of aryl methyl sites for hydroxylation is 2. The lowest BCUT2D eigenvalue weighted by Gasteiger charge is -2.25. The van der Waals surface area contributed by atoms with Gasteiger partial charge in [-0.25, -0.2) is 16.8 Å². The first kappa shape index (κ1) is 43.0. The van der Waals surface area contributed by atoms with Gasteiger partial charge in [0.25, 0.3) is 0 Å². The van der Waals surface area contributed by atoms with Gasteiger partial charge in [-0.05, 0) is 109 Å². The molecular formula is C44H57BrN4O6S2. The molecule has 3 N–H and O–H groups in total. The second-order valence-corrected chi connectivity index (χ2v) is 20.5. The van der Waals surface area contributed by atoms with Crippen LogP contribution in [0.1, 0.15) is 36.1 Å². The van der Waals surface area contributed by atoms with E-state index in [1.54, 1.807) is 12.1 Å². The summed E-state index contributed by atoms with van der Waals surface area (Å²) in [5, 5.41) is 4.26. The lowest BCUT2D eigenvalue weighted by Crippen LogP contribution is -2.32. The van der Waals surface area contributed by atoms with Crippen molar-refractivity contribution in [1.29, 1.82) is 0 Å². The summed E-state index contributed by atoms with van der Waals surface area (Å²) in [6, 6.07) is 31.8. The van der Waals surface area contributed by atoms with Crippen molar-refractivity contribution in [3.63, 3.8) is 0 Å². The van der Waals surface area contributed by atoms with Crippen LogP contribution in [-0.4, -0.2) is 85.5 Å². The number of fused-ring (bicyclic) bond motifs is 2. The lowest BCUT2D eigenvalue weighted by molar-refractivity contribution is 0.212. The number of sulfonamides is 2. The number of likely N-dealkylation sites (tertiary alicyclic amines) is 1. The molecule has 8 rings (SSSR count). The Bertz CT molecular complexity index is 2210. The molecule has 4 aliphatic rings. The number of benzene rings is 4. The van der Waals surface area contributed by atoms with E-state index in [1.165, 1.54) is 34.8 Å². The Morgan fingerprint density at radius 2 is 1.11 bits per heavy atom. The molecule has 4 fully saturated rings. The van der Waals surface area contributed by atoms with Crippen LogP contribution >= 0.6 is 15.9 Å². The highest BCUT2D eigenvalue weighted by Gasteiger charge is 2.65. The van der Waals surface area contributed by atoms with E-state index in [1.807, 2.05) is 73.7 Å². The lowest BCUT2D eigenvalue weighted by atomic mass is 9.92. The summed E-state index contributed by atoms with van der Waals surface area (Å²) in [7, 11) is -6.45. The van der Waals surface area contributed by atoms with E-state index in [0.717, 1.165) is 56.2 Å². The van der Waals surface area contributed by atoms with Crippen molar-refractivity contribution < 1.29 is 26.3 Å². The highest BCUT2D eigenvalue weighted by atomic mass is 79.9. The topological polar surface area (TPSA) is 126 Å². The Balaban J connectivity index is 0.000000161. The highest BCUT2D eigenvalue weighted by molar-refractivity contribution is 9.09. The largest absolute Gasteiger partial charge is 0.492 e. The fourth-order valence-electron chi connectivity index (χ4n) is 8.94. The van der Waals surface area contributed by atoms with Crippen molar-refractivity contribution in [3.8, 4) is 11.5 Å². The summed E-state index contributed by atoms with van der Waals surface area (Å²) < 4.78 is 62.0. The zero-order valence-corrected chi connectivity index (χ0v) is 37.0. The monoisotopic (exact) mass is 880 g/mol. The number of anilines is 2. The second-order valence-electron chi connectivity index (χ2n) is 16.2. The van der Waals surface area contributed by atoms with Crippen LogP contribution in [0.4, 0.5) is 11.4 Å². The Kier molecular flexibility index (Phi) is 13.3. The molecule has 0 spiro atoms. The number of nitrogens with one attached hydrogen (secondary N) is 3. The van der Waals surface area contributed by atoms with E-state index >= 15 is 0 Å². The van der Waals surface area contributed by atoms with Crippen LogP contribution in [0.25, 0.3) is 0 Å². The van der Waals surface area contributed by atoms with Gasteiger partial charge in [-0.3, -0.25) is 14.3 Å². The first-order chi connectivity index (χ1) is 27.0. The van der Waals surface area contributed by atoms with Gasteiger partial charge in [0.2, 0.25) is 20.0 Å². The number of piperidine rings is 2. The number of nitrogens with zero attached hydrogens (tertiary/aromatic N) is 1. The Morgan fingerprint density at radius 3 is 1.54 bits per heavy atom. The number of rotatable bonds is 13. The van der Waals surface area contributed by atoms with Crippen molar-refractivity contribution in [3.05, 3.63) is 119 Å². The van der Waals surface area contributed by atoms with Gasteiger partial charge in [0.05, 0.1) is 19.1 Å². The third kappa shape index (κ3) is 10.5. The van der Waals surface area contributed by atoms with Crippen LogP contribution in [0.15, 0.2) is 97.1 Å². The molecule has 2 aliphatic carbocycles. The zero-order chi connectivity index (χ0) is 41.0. The summed E-state index contributed by atoms with van der Waals surface area (Å²) in [4.78, 5) is 2.48. The fraction of sp³-hybridized carbons (Fsp3) is 0.455. The standard InChI is InChI=1S/C22H28N2O3S.C13H18N2O2S.C9H11BrO/c1-16-7-4-5-10-21(16)27-12-11-24-14-19-20(15-24)22(19,2)17-8-6-9-18(13-17)23-28(3,25)26;1-13(11-7-14-8-12(11)13)9-4-3-5-10(6-9)15-18(2,16)17;1-8-4-2-3-5-9(8)11-7-6-10/h4-10,13,19-20,23H,11-12,14-15H2,1-3H3;3-6,11-12,14-15H,7-8H2,1-2H3;2-5H,6-7H2,1H3. The molecule has 0 radical (unpaired) electrons. The number of alkyl halides is 1. The predicted molar refractivity (Wildman–Crippen MR) is 235 cm³/mol. The molecule has 2 saturated heterocycles. The Labute approximate surface area is 348 Å². The smallest absolute Gasteiger partial charge is 0.229 e. The first-order valence-electron chi connectivity index (χ1n) is 19.6. The number of ether oxygens (including phenoxy) is 2. The molecule has 10 nitrogen and oxygen atoms in total. The molecule has 4 atom stereocenters. The Hall–Kier alpha value is -3.62. The minimum absolute atomic E-state index is 0.141. The molecule has 2 aliphatic heterocycles. The van der Waals surface area contributed by atoms with Crippen LogP contribution < -0.4 is 24.2 Å². The quantitative estimate of drug-likeness (QED) is 0.121. The first-order valence-corrected chi connectivity index (χ1v) is 24.5. The van der Waals surface area contributed by atoms with Gasteiger partial charge in [-0.1, -0.05) is 90.4 Å². The van der Waals surface area contributed by atoms with Gasteiger partial charge in [0, 0.05) is 47.2 Å². The van der Waals surface area contributed by atoms with E-state index in [-0.39, 0.29) is 10.8 Å². The van der Waals surface area contributed by atoms with Crippen LogP contribution in [-0.2, 0) is 30.9 Å². The van der Waals surface area contributed by atoms with E-state index in [0.29, 0.717) is 41.7 Å².